The smallest absolute Gasteiger partial charge is 0.320 e. The van der Waals surface area contributed by atoms with Crippen LogP contribution in [0.4, 0.5) is 0 Å². The van der Waals surface area contributed by atoms with Gasteiger partial charge in [0, 0.05) is 6.04 Å². The molecule has 4 heteroatoms. The highest BCUT2D eigenvalue weighted by atomic mass is 16.5. The molecule has 0 aromatic heterocycles. The van der Waals surface area contributed by atoms with E-state index >= 15 is 0 Å². The Bertz CT molecular complexity index is 361. The largest absolute Gasteiger partial charge is 0.497 e. The molecular weight excluding hydrogens is 218 g/mol. The molecule has 2 atom stereocenters. The van der Waals surface area contributed by atoms with Crippen LogP contribution in [0.25, 0.3) is 0 Å². The van der Waals surface area contributed by atoms with Crippen LogP contribution >= 0.6 is 0 Å². The molecule has 1 aromatic carbocycles. The van der Waals surface area contributed by atoms with Crippen molar-refractivity contribution in [2.24, 2.45) is 0 Å². The molecular formula is C13H19NO3. The van der Waals surface area contributed by atoms with E-state index in [4.69, 9.17) is 9.84 Å². The third kappa shape index (κ3) is 3.75. The number of carboxylic acids is 1. The van der Waals surface area contributed by atoms with E-state index in [0.29, 0.717) is 0 Å². The molecule has 1 aromatic rings. The van der Waals surface area contributed by atoms with Crippen molar-refractivity contribution in [3.05, 3.63) is 29.8 Å². The number of methoxy groups -OCH3 is 1. The zero-order valence-electron chi connectivity index (χ0n) is 10.4. The Morgan fingerprint density at radius 3 is 2.41 bits per heavy atom. The van der Waals surface area contributed by atoms with Crippen molar-refractivity contribution in [1.82, 2.24) is 5.32 Å². The summed E-state index contributed by atoms with van der Waals surface area (Å²) in [5, 5.41) is 12.0. The molecule has 0 fully saturated rings. The maximum atomic E-state index is 10.8. The van der Waals surface area contributed by atoms with Crippen molar-refractivity contribution >= 4 is 5.97 Å². The number of hydrogen-bond acceptors (Lipinski definition) is 3. The van der Waals surface area contributed by atoms with Crippen LogP contribution in [-0.4, -0.2) is 24.2 Å². The highest BCUT2D eigenvalue weighted by Gasteiger charge is 2.16. The first-order valence-corrected chi connectivity index (χ1v) is 5.71. The van der Waals surface area contributed by atoms with Gasteiger partial charge in [0.25, 0.3) is 0 Å². The highest BCUT2D eigenvalue weighted by Crippen LogP contribution is 2.20. The number of benzene rings is 1. The van der Waals surface area contributed by atoms with Gasteiger partial charge in [0.15, 0.2) is 0 Å². The summed E-state index contributed by atoms with van der Waals surface area (Å²) in [4.78, 5) is 10.8. The van der Waals surface area contributed by atoms with E-state index in [9.17, 15) is 4.79 Å². The lowest BCUT2D eigenvalue weighted by Crippen LogP contribution is -2.36. The van der Waals surface area contributed by atoms with Gasteiger partial charge in [-0.3, -0.25) is 10.1 Å². The van der Waals surface area contributed by atoms with Crippen LogP contribution in [-0.2, 0) is 4.79 Å². The standard InChI is InChI=1S/C13H19NO3/c1-4-12(14-9(2)13(15)16)10-5-7-11(17-3)8-6-10/h5-9,12,14H,4H2,1-3H3,(H,15,16). The van der Waals surface area contributed by atoms with Gasteiger partial charge in [-0.25, -0.2) is 0 Å². The van der Waals surface area contributed by atoms with Crippen molar-refractivity contribution in [3.63, 3.8) is 0 Å². The molecule has 2 N–H and O–H groups in total. The average molecular weight is 237 g/mol. The highest BCUT2D eigenvalue weighted by molar-refractivity contribution is 5.72. The van der Waals surface area contributed by atoms with Gasteiger partial charge in [0.05, 0.1) is 7.11 Å². The molecule has 0 heterocycles. The molecule has 1 rings (SSSR count). The minimum Gasteiger partial charge on any atom is -0.497 e. The molecule has 2 unspecified atom stereocenters. The van der Waals surface area contributed by atoms with Crippen molar-refractivity contribution < 1.29 is 14.6 Å². The molecule has 0 radical (unpaired) electrons. The summed E-state index contributed by atoms with van der Waals surface area (Å²) in [7, 11) is 1.62. The van der Waals surface area contributed by atoms with Gasteiger partial charge in [-0.05, 0) is 31.0 Å². The zero-order chi connectivity index (χ0) is 12.8. The summed E-state index contributed by atoms with van der Waals surface area (Å²) in [6, 6.07) is 7.16. The first-order valence-electron chi connectivity index (χ1n) is 5.71. The molecule has 0 aliphatic rings. The second-order valence-corrected chi connectivity index (χ2v) is 3.96. The van der Waals surface area contributed by atoms with Crippen LogP contribution in [0.2, 0.25) is 0 Å². The van der Waals surface area contributed by atoms with Gasteiger partial charge >= 0.3 is 5.97 Å². The summed E-state index contributed by atoms with van der Waals surface area (Å²) in [5.41, 5.74) is 1.07. The monoisotopic (exact) mass is 237 g/mol. The molecule has 17 heavy (non-hydrogen) atoms. The van der Waals surface area contributed by atoms with Gasteiger partial charge in [0.2, 0.25) is 0 Å². The van der Waals surface area contributed by atoms with E-state index in [1.165, 1.54) is 0 Å². The van der Waals surface area contributed by atoms with Crippen molar-refractivity contribution in [2.75, 3.05) is 7.11 Å². The first-order chi connectivity index (χ1) is 8.08. The van der Waals surface area contributed by atoms with E-state index in [0.717, 1.165) is 17.7 Å². The Morgan fingerprint density at radius 2 is 2.00 bits per heavy atom. The van der Waals surface area contributed by atoms with Gasteiger partial charge in [-0.2, -0.15) is 0 Å². The second kappa shape index (κ2) is 6.25. The van der Waals surface area contributed by atoms with Crippen molar-refractivity contribution in [1.29, 1.82) is 0 Å². The molecule has 0 saturated carbocycles. The normalized spacial score (nSPS) is 14.1. The number of aliphatic carboxylic acids is 1. The Kier molecular flexibility index (Phi) is 4.97. The predicted molar refractivity (Wildman–Crippen MR) is 66.3 cm³/mol. The van der Waals surface area contributed by atoms with Crippen LogP contribution in [0.5, 0.6) is 5.75 Å². The summed E-state index contributed by atoms with van der Waals surface area (Å²) in [5.74, 6) is -0.0353. The van der Waals surface area contributed by atoms with Gasteiger partial charge in [-0.15, -0.1) is 0 Å². The Balaban J connectivity index is 2.75. The number of carbonyl (C=O) groups is 1. The molecule has 0 aliphatic carbocycles. The van der Waals surface area contributed by atoms with Crippen LogP contribution < -0.4 is 10.1 Å². The summed E-state index contributed by atoms with van der Waals surface area (Å²) in [6.45, 7) is 3.67. The third-order valence-corrected chi connectivity index (χ3v) is 2.75. The van der Waals surface area contributed by atoms with Crippen molar-refractivity contribution in [3.8, 4) is 5.75 Å². The van der Waals surface area contributed by atoms with E-state index in [-0.39, 0.29) is 6.04 Å². The molecule has 94 valence electrons. The summed E-state index contributed by atoms with van der Waals surface area (Å²) >= 11 is 0. The Labute approximate surface area is 102 Å². The van der Waals surface area contributed by atoms with E-state index in [1.807, 2.05) is 31.2 Å². The van der Waals surface area contributed by atoms with Gasteiger partial charge in [0.1, 0.15) is 11.8 Å². The molecule has 0 saturated heterocycles. The topological polar surface area (TPSA) is 58.6 Å². The number of ether oxygens (including phenoxy) is 1. The van der Waals surface area contributed by atoms with Gasteiger partial charge < -0.3 is 9.84 Å². The molecule has 0 amide bonds. The lowest BCUT2D eigenvalue weighted by molar-refractivity contribution is -0.139. The van der Waals surface area contributed by atoms with Crippen molar-refractivity contribution in [2.45, 2.75) is 32.4 Å². The lowest BCUT2D eigenvalue weighted by Gasteiger charge is -2.20. The van der Waals surface area contributed by atoms with Gasteiger partial charge in [-0.1, -0.05) is 19.1 Å². The number of rotatable bonds is 6. The fourth-order valence-corrected chi connectivity index (χ4v) is 1.66. The maximum absolute atomic E-state index is 10.8. The molecule has 0 aliphatic heterocycles. The van der Waals surface area contributed by atoms with E-state index in [1.54, 1.807) is 14.0 Å². The second-order valence-electron chi connectivity index (χ2n) is 3.96. The minimum atomic E-state index is -0.836. The minimum absolute atomic E-state index is 0.0482. The lowest BCUT2D eigenvalue weighted by atomic mass is 10.0. The average Bonchev–Trinajstić information content (AvgIpc) is 2.35. The Morgan fingerprint density at radius 1 is 1.41 bits per heavy atom. The van der Waals surface area contributed by atoms with Crippen LogP contribution in [0, 0.1) is 0 Å². The quantitative estimate of drug-likeness (QED) is 0.796. The molecule has 0 spiro atoms. The van der Waals surface area contributed by atoms with E-state index in [2.05, 4.69) is 5.32 Å². The van der Waals surface area contributed by atoms with E-state index < -0.39 is 12.0 Å². The van der Waals surface area contributed by atoms with Crippen LogP contribution in [0.1, 0.15) is 31.9 Å². The fraction of sp³-hybridized carbons (Fsp3) is 0.462. The summed E-state index contributed by atoms with van der Waals surface area (Å²) < 4.78 is 5.09. The number of nitrogens with one attached hydrogen (secondary N) is 1. The number of hydrogen-bond donors (Lipinski definition) is 2. The zero-order valence-corrected chi connectivity index (χ0v) is 10.4. The molecule has 4 nitrogen and oxygen atoms in total. The summed E-state index contributed by atoms with van der Waals surface area (Å²) in [6.07, 6.45) is 0.837. The Hall–Kier alpha value is -1.55. The molecule has 0 bridgehead atoms. The maximum Gasteiger partial charge on any atom is 0.320 e. The number of carboxylic acid groups (broad SMARTS) is 1. The first kappa shape index (κ1) is 13.5. The predicted octanol–water partition coefficient (Wildman–Crippen LogP) is 2.21. The van der Waals surface area contributed by atoms with Crippen LogP contribution in [0.3, 0.4) is 0 Å². The van der Waals surface area contributed by atoms with Crippen LogP contribution in [0.15, 0.2) is 24.3 Å². The SMILES string of the molecule is CCC(NC(C)C(=O)O)c1ccc(OC)cc1. The third-order valence-electron chi connectivity index (χ3n) is 2.75. The fourth-order valence-electron chi connectivity index (χ4n) is 1.66.